The molecule has 0 spiro atoms. The molecule has 1 saturated heterocycles. The van der Waals surface area contributed by atoms with Crippen LogP contribution in [0.5, 0.6) is 0 Å². The van der Waals surface area contributed by atoms with Gasteiger partial charge in [0.1, 0.15) is 11.7 Å². The Morgan fingerprint density at radius 3 is 2.05 bits per heavy atom. The Kier molecular flexibility index (Phi) is 9.26. The SMILES string of the molecule is C=CC(C)(C)c1[nH]c2c(CC=C(C)C)cc(CC=C(C)C)c(CC=C(C)C)c2c1C=C1NC(=O)C(C)NC1=O. The number of carbonyl (C=O) groups is 2. The lowest BCUT2D eigenvalue weighted by atomic mass is 9.84. The highest BCUT2D eigenvalue weighted by atomic mass is 16.2. The van der Waals surface area contributed by atoms with Crippen molar-refractivity contribution < 1.29 is 9.59 Å². The van der Waals surface area contributed by atoms with Gasteiger partial charge < -0.3 is 15.6 Å². The molecule has 0 radical (unpaired) electrons. The number of piperazine rings is 1. The molecule has 3 rings (SSSR count). The highest BCUT2D eigenvalue weighted by Crippen LogP contribution is 2.39. The minimum absolute atomic E-state index is 0.219. The van der Waals surface area contributed by atoms with E-state index < -0.39 is 11.5 Å². The van der Waals surface area contributed by atoms with Crippen LogP contribution in [0.2, 0.25) is 0 Å². The van der Waals surface area contributed by atoms with Crippen LogP contribution in [0.4, 0.5) is 0 Å². The summed E-state index contributed by atoms with van der Waals surface area (Å²) in [5, 5.41) is 6.71. The second-order valence-corrected chi connectivity index (χ2v) is 12.0. The smallest absolute Gasteiger partial charge is 0.268 e. The lowest BCUT2D eigenvalue weighted by Crippen LogP contribution is -2.53. The Morgan fingerprint density at radius 2 is 1.49 bits per heavy atom. The Balaban J connectivity index is 2.51. The van der Waals surface area contributed by atoms with Crippen molar-refractivity contribution in [2.24, 2.45) is 0 Å². The summed E-state index contributed by atoms with van der Waals surface area (Å²) in [6.07, 6.45) is 12.9. The molecule has 39 heavy (non-hydrogen) atoms. The molecule has 1 aliphatic rings. The van der Waals surface area contributed by atoms with E-state index in [9.17, 15) is 9.59 Å². The molecule has 2 aromatic rings. The Labute approximate surface area is 234 Å². The molecule has 1 fully saturated rings. The van der Waals surface area contributed by atoms with Gasteiger partial charge in [0, 0.05) is 22.1 Å². The molecule has 2 heterocycles. The molecule has 1 aromatic heterocycles. The molecular weight excluding hydrogens is 482 g/mol. The summed E-state index contributed by atoms with van der Waals surface area (Å²) in [6.45, 7) is 22.8. The zero-order chi connectivity index (χ0) is 29.1. The number of amides is 2. The summed E-state index contributed by atoms with van der Waals surface area (Å²) in [5.41, 5.74) is 10.3. The first-order chi connectivity index (χ1) is 18.2. The number of allylic oxidation sites excluding steroid dienone is 7. The zero-order valence-corrected chi connectivity index (χ0v) is 25.2. The molecular formula is C34H45N3O2. The van der Waals surface area contributed by atoms with Gasteiger partial charge in [0.25, 0.3) is 5.91 Å². The van der Waals surface area contributed by atoms with Gasteiger partial charge in [0.05, 0.1) is 5.52 Å². The number of fused-ring (bicyclic) bond motifs is 1. The normalized spacial score (nSPS) is 16.5. The molecule has 5 heteroatoms. The van der Waals surface area contributed by atoms with Crippen molar-refractivity contribution in [1.29, 1.82) is 0 Å². The fraction of sp³-hybridized carbons (Fsp3) is 0.412. The zero-order valence-electron chi connectivity index (χ0n) is 25.2. The quantitative estimate of drug-likeness (QED) is 0.240. The first kappa shape index (κ1) is 29.9. The van der Waals surface area contributed by atoms with Gasteiger partial charge in [-0.3, -0.25) is 9.59 Å². The van der Waals surface area contributed by atoms with Crippen molar-refractivity contribution in [1.82, 2.24) is 15.6 Å². The molecule has 0 aliphatic carbocycles. The monoisotopic (exact) mass is 527 g/mol. The maximum Gasteiger partial charge on any atom is 0.268 e. The summed E-state index contributed by atoms with van der Waals surface area (Å²) in [4.78, 5) is 29.3. The first-order valence-electron chi connectivity index (χ1n) is 13.8. The van der Waals surface area contributed by atoms with E-state index in [0.29, 0.717) is 0 Å². The maximum atomic E-state index is 13.0. The van der Waals surface area contributed by atoms with E-state index in [1.165, 1.54) is 33.4 Å². The van der Waals surface area contributed by atoms with E-state index in [1.807, 2.05) is 12.2 Å². The average molecular weight is 528 g/mol. The van der Waals surface area contributed by atoms with Gasteiger partial charge in [-0.05, 0) is 90.5 Å². The van der Waals surface area contributed by atoms with Crippen molar-refractivity contribution in [3.05, 3.63) is 87.3 Å². The lowest BCUT2D eigenvalue weighted by Gasteiger charge is -2.23. The molecule has 5 nitrogen and oxygen atoms in total. The van der Waals surface area contributed by atoms with Gasteiger partial charge in [-0.25, -0.2) is 0 Å². The van der Waals surface area contributed by atoms with E-state index in [2.05, 4.69) is 102 Å². The number of H-pyrrole nitrogens is 1. The van der Waals surface area contributed by atoms with Gasteiger partial charge in [-0.15, -0.1) is 6.58 Å². The first-order valence-corrected chi connectivity index (χ1v) is 13.8. The molecule has 0 saturated carbocycles. The van der Waals surface area contributed by atoms with E-state index >= 15 is 0 Å². The summed E-state index contributed by atoms with van der Waals surface area (Å²) >= 11 is 0. The van der Waals surface area contributed by atoms with Crippen LogP contribution >= 0.6 is 0 Å². The molecule has 1 aliphatic heterocycles. The second kappa shape index (κ2) is 12.1. The molecule has 1 atom stereocenters. The van der Waals surface area contributed by atoms with Gasteiger partial charge in [0.2, 0.25) is 5.91 Å². The lowest BCUT2D eigenvalue weighted by molar-refractivity contribution is -0.130. The topological polar surface area (TPSA) is 74.0 Å². The van der Waals surface area contributed by atoms with Gasteiger partial charge in [-0.2, -0.15) is 0 Å². The second-order valence-electron chi connectivity index (χ2n) is 12.0. The largest absolute Gasteiger partial charge is 0.357 e. The number of rotatable bonds is 9. The van der Waals surface area contributed by atoms with Crippen LogP contribution in [-0.4, -0.2) is 22.8 Å². The number of benzene rings is 1. The maximum absolute atomic E-state index is 13.0. The minimum atomic E-state index is -0.568. The Morgan fingerprint density at radius 1 is 0.923 bits per heavy atom. The van der Waals surface area contributed by atoms with Crippen molar-refractivity contribution in [3.8, 4) is 0 Å². The number of nitrogens with one attached hydrogen (secondary N) is 3. The molecule has 208 valence electrons. The van der Waals surface area contributed by atoms with Crippen molar-refractivity contribution in [2.45, 2.75) is 93.0 Å². The average Bonchev–Trinajstić information content (AvgIpc) is 3.23. The summed E-state index contributed by atoms with van der Waals surface area (Å²) in [6, 6.07) is 1.77. The van der Waals surface area contributed by atoms with Gasteiger partial charge in [-0.1, -0.05) is 60.9 Å². The predicted molar refractivity (Wildman–Crippen MR) is 165 cm³/mol. The molecule has 0 bridgehead atoms. The third kappa shape index (κ3) is 6.89. The number of carbonyl (C=O) groups excluding carboxylic acids is 2. The van der Waals surface area contributed by atoms with Crippen molar-refractivity contribution in [3.63, 3.8) is 0 Å². The number of hydrogen-bond acceptors (Lipinski definition) is 2. The third-order valence-electron chi connectivity index (χ3n) is 7.26. The van der Waals surface area contributed by atoms with Crippen LogP contribution in [0, 0.1) is 0 Å². The van der Waals surface area contributed by atoms with Gasteiger partial charge in [0.15, 0.2) is 0 Å². The molecule has 3 N–H and O–H groups in total. The van der Waals surface area contributed by atoms with E-state index in [0.717, 1.165) is 41.4 Å². The summed E-state index contributed by atoms with van der Waals surface area (Å²) < 4.78 is 0. The Hall–Kier alpha value is -3.60. The van der Waals surface area contributed by atoms with Crippen LogP contribution in [0.25, 0.3) is 17.0 Å². The minimum Gasteiger partial charge on any atom is -0.357 e. The van der Waals surface area contributed by atoms with Crippen LogP contribution in [-0.2, 0) is 34.3 Å². The van der Waals surface area contributed by atoms with Gasteiger partial charge >= 0.3 is 0 Å². The standard InChI is InChI=1S/C34H45N3O2/c1-11-34(9,10)31-27(19-28-33(39)35-23(8)32(38)36-28)29-26(17-14-22(6)7)24(15-12-20(2)3)18-25(30(29)37-31)16-13-21(4)5/h11-14,18-19,23,37H,1,15-17H2,2-10H3,(H,35,39)(H,36,38). The van der Waals surface area contributed by atoms with E-state index in [-0.39, 0.29) is 17.5 Å². The fourth-order valence-corrected chi connectivity index (χ4v) is 4.75. The third-order valence-corrected chi connectivity index (χ3v) is 7.26. The summed E-state index contributed by atoms with van der Waals surface area (Å²) in [5.74, 6) is -0.501. The van der Waals surface area contributed by atoms with Crippen LogP contribution in [0.3, 0.4) is 0 Å². The van der Waals surface area contributed by atoms with Crippen LogP contribution < -0.4 is 10.6 Å². The highest BCUT2D eigenvalue weighted by Gasteiger charge is 2.30. The number of aromatic nitrogens is 1. The van der Waals surface area contributed by atoms with Crippen molar-refractivity contribution in [2.75, 3.05) is 0 Å². The van der Waals surface area contributed by atoms with Crippen molar-refractivity contribution >= 4 is 28.8 Å². The van der Waals surface area contributed by atoms with E-state index in [1.54, 1.807) is 6.92 Å². The molecule has 1 aromatic carbocycles. The van der Waals surface area contributed by atoms with Crippen LogP contribution in [0.1, 0.15) is 90.3 Å². The number of aromatic amines is 1. The molecule has 1 unspecified atom stereocenters. The van der Waals surface area contributed by atoms with E-state index in [4.69, 9.17) is 0 Å². The number of hydrogen-bond donors (Lipinski definition) is 3. The van der Waals surface area contributed by atoms with Crippen LogP contribution in [0.15, 0.2) is 59.4 Å². The summed E-state index contributed by atoms with van der Waals surface area (Å²) in [7, 11) is 0. The molecule has 2 amide bonds. The predicted octanol–water partition coefficient (Wildman–Crippen LogP) is 7.13. The fourth-order valence-electron chi connectivity index (χ4n) is 4.75. The Bertz CT molecular complexity index is 1410. The highest BCUT2D eigenvalue weighted by molar-refractivity contribution is 6.09.